The van der Waals surface area contributed by atoms with Crippen LogP contribution < -0.4 is 19.6 Å². The maximum absolute atomic E-state index is 14.2. The van der Waals surface area contributed by atoms with E-state index in [1.54, 1.807) is 31.6 Å². The monoisotopic (exact) mass is 631 g/mol. The molecule has 0 saturated heterocycles. The van der Waals surface area contributed by atoms with Crippen molar-refractivity contribution < 1.29 is 14.3 Å². The molecule has 0 spiro atoms. The van der Waals surface area contributed by atoms with Crippen molar-refractivity contribution in [2.45, 2.75) is 26.4 Å². The first kappa shape index (κ1) is 29.0. The summed E-state index contributed by atoms with van der Waals surface area (Å²) in [5.74, 6) is 0.0420. The molecule has 0 unspecified atom stereocenters. The first-order valence-electron chi connectivity index (χ1n) is 13.6. The summed E-state index contributed by atoms with van der Waals surface area (Å²) >= 11 is 13.9. The summed E-state index contributed by atoms with van der Waals surface area (Å²) in [7, 11) is 1.57. The second kappa shape index (κ2) is 11.9. The van der Waals surface area contributed by atoms with E-state index in [0.29, 0.717) is 48.5 Å². The number of rotatable bonds is 7. The minimum absolute atomic E-state index is 0.198. The Morgan fingerprint density at radius 2 is 1.86 bits per heavy atom. The van der Waals surface area contributed by atoms with Crippen molar-refractivity contribution >= 4 is 57.5 Å². The number of halogens is 2. The van der Waals surface area contributed by atoms with Gasteiger partial charge in [-0.3, -0.25) is 9.36 Å². The molecular weight excluding hydrogens is 605 g/mol. The quantitative estimate of drug-likeness (QED) is 0.203. The third-order valence-electron chi connectivity index (χ3n) is 7.41. The van der Waals surface area contributed by atoms with Gasteiger partial charge in [0.2, 0.25) is 0 Å². The van der Waals surface area contributed by atoms with Gasteiger partial charge in [-0.1, -0.05) is 77.0 Å². The Hall–Kier alpha value is -4.11. The Morgan fingerprint density at radius 1 is 1.09 bits per heavy atom. The number of methoxy groups -OCH3 is 1. The molecule has 0 fully saturated rings. The van der Waals surface area contributed by atoms with Crippen molar-refractivity contribution in [2.75, 3.05) is 13.7 Å². The lowest BCUT2D eigenvalue weighted by atomic mass is 9.95. The van der Waals surface area contributed by atoms with Crippen LogP contribution >= 0.6 is 34.5 Å². The highest BCUT2D eigenvalue weighted by Gasteiger charge is 2.35. The highest BCUT2D eigenvalue weighted by Crippen LogP contribution is 2.35. The van der Waals surface area contributed by atoms with Gasteiger partial charge < -0.3 is 14.0 Å². The molecule has 218 valence electrons. The van der Waals surface area contributed by atoms with Crippen molar-refractivity contribution in [3.63, 3.8) is 0 Å². The van der Waals surface area contributed by atoms with Crippen LogP contribution in [0.15, 0.2) is 94.0 Å². The Morgan fingerprint density at radius 3 is 2.63 bits per heavy atom. The molecule has 0 saturated carbocycles. The molecule has 1 aliphatic rings. The summed E-state index contributed by atoms with van der Waals surface area (Å²) in [6, 6.07) is 20.1. The molecule has 0 radical (unpaired) electrons. The van der Waals surface area contributed by atoms with Crippen LogP contribution in [-0.4, -0.2) is 28.8 Å². The zero-order valence-electron chi connectivity index (χ0n) is 23.6. The van der Waals surface area contributed by atoms with E-state index in [2.05, 4.69) is 4.57 Å². The molecule has 10 heteroatoms. The highest BCUT2D eigenvalue weighted by molar-refractivity contribution is 7.07. The number of allylic oxidation sites excluding steroid dienone is 1. The number of para-hydroxylation sites is 2. The van der Waals surface area contributed by atoms with Crippen LogP contribution in [0.25, 0.3) is 17.0 Å². The predicted molar refractivity (Wildman–Crippen MR) is 171 cm³/mol. The van der Waals surface area contributed by atoms with E-state index in [0.717, 1.165) is 22.0 Å². The van der Waals surface area contributed by atoms with Crippen molar-refractivity contribution in [2.24, 2.45) is 4.99 Å². The highest BCUT2D eigenvalue weighted by atomic mass is 35.5. The Kier molecular flexibility index (Phi) is 8.01. The average molecular weight is 633 g/mol. The molecule has 1 atom stereocenters. The third-order valence-corrected chi connectivity index (χ3v) is 8.98. The molecular formula is C33H27Cl2N3O4S. The standard InChI is InChI=1S/C33H27Cl2N3O4S/c1-4-42-32(40)29-19(2)36-33-38(30(29)24-10-6-8-12-27(24)41-3)31(39)28(43-33)15-21-18-37(26-11-7-5-9-23(21)26)17-20-13-14-22(34)16-25(20)35/h5-16,18,30H,4,17H2,1-3H3/b28-15+/t30-/m1/s1. The van der Waals surface area contributed by atoms with E-state index >= 15 is 0 Å². The Labute approximate surface area is 261 Å². The molecule has 6 rings (SSSR count). The van der Waals surface area contributed by atoms with Crippen molar-refractivity contribution in [3.05, 3.63) is 131 Å². The molecule has 0 aliphatic carbocycles. The van der Waals surface area contributed by atoms with Gasteiger partial charge in [0.05, 0.1) is 29.5 Å². The number of aromatic nitrogens is 2. The number of hydrogen-bond donors (Lipinski definition) is 0. The van der Waals surface area contributed by atoms with Gasteiger partial charge in [-0.25, -0.2) is 9.79 Å². The second-order valence-corrected chi connectivity index (χ2v) is 11.9. The molecule has 3 heterocycles. The van der Waals surface area contributed by atoms with Gasteiger partial charge in [-0.05, 0) is 49.8 Å². The number of thiazole rings is 1. The van der Waals surface area contributed by atoms with Crippen LogP contribution in [0, 0.1) is 0 Å². The normalized spacial score (nSPS) is 15.0. The molecule has 5 aromatic rings. The number of carbonyl (C=O) groups excluding carboxylic acids is 1. The van der Waals surface area contributed by atoms with E-state index in [9.17, 15) is 9.59 Å². The van der Waals surface area contributed by atoms with Crippen molar-refractivity contribution in [3.8, 4) is 5.75 Å². The van der Waals surface area contributed by atoms with E-state index in [1.165, 1.54) is 11.3 Å². The second-order valence-electron chi connectivity index (χ2n) is 10.0. The largest absolute Gasteiger partial charge is 0.496 e. The van der Waals surface area contributed by atoms with Crippen LogP contribution in [0.2, 0.25) is 10.0 Å². The zero-order valence-corrected chi connectivity index (χ0v) is 26.0. The first-order chi connectivity index (χ1) is 20.8. The fourth-order valence-corrected chi connectivity index (χ4v) is 6.98. The summed E-state index contributed by atoms with van der Waals surface area (Å²) < 4.78 is 15.2. The van der Waals surface area contributed by atoms with Gasteiger partial charge in [0, 0.05) is 44.8 Å². The van der Waals surface area contributed by atoms with Crippen LogP contribution in [-0.2, 0) is 16.1 Å². The van der Waals surface area contributed by atoms with Gasteiger partial charge >= 0.3 is 5.97 Å². The molecule has 2 aromatic heterocycles. The number of hydrogen-bond acceptors (Lipinski definition) is 6. The van der Waals surface area contributed by atoms with E-state index in [-0.39, 0.29) is 12.2 Å². The van der Waals surface area contributed by atoms with E-state index < -0.39 is 12.0 Å². The molecule has 0 bridgehead atoms. The fraction of sp³-hybridized carbons (Fsp3) is 0.182. The molecule has 43 heavy (non-hydrogen) atoms. The summed E-state index contributed by atoms with van der Waals surface area (Å²) in [5, 5.41) is 2.15. The maximum Gasteiger partial charge on any atom is 0.338 e. The first-order valence-corrected chi connectivity index (χ1v) is 15.2. The van der Waals surface area contributed by atoms with Gasteiger partial charge in [-0.2, -0.15) is 0 Å². The molecule has 7 nitrogen and oxygen atoms in total. The number of fused-ring (bicyclic) bond motifs is 2. The SMILES string of the molecule is CCOC(=O)C1=C(C)N=c2s/c(=C/c3cn(Cc4ccc(Cl)cc4Cl)c4ccccc34)c(=O)n2[C@@H]1c1ccccc1OC. The average Bonchev–Trinajstić information content (AvgIpc) is 3.50. The van der Waals surface area contributed by atoms with Crippen molar-refractivity contribution in [1.29, 1.82) is 0 Å². The molecule has 0 N–H and O–H groups in total. The minimum Gasteiger partial charge on any atom is -0.496 e. The molecule has 0 amide bonds. The molecule has 3 aromatic carbocycles. The van der Waals surface area contributed by atoms with E-state index in [4.69, 9.17) is 37.7 Å². The smallest absolute Gasteiger partial charge is 0.338 e. The lowest BCUT2D eigenvalue weighted by Gasteiger charge is -2.25. The van der Waals surface area contributed by atoms with Crippen LogP contribution in [0.4, 0.5) is 0 Å². The van der Waals surface area contributed by atoms with Gasteiger partial charge in [0.25, 0.3) is 5.56 Å². The van der Waals surface area contributed by atoms with Crippen LogP contribution in [0.5, 0.6) is 5.75 Å². The number of ether oxygens (including phenoxy) is 2. The van der Waals surface area contributed by atoms with Crippen LogP contribution in [0.3, 0.4) is 0 Å². The van der Waals surface area contributed by atoms with Gasteiger partial charge in [0.15, 0.2) is 4.80 Å². The summed E-state index contributed by atoms with van der Waals surface area (Å²) in [6.07, 6.45) is 3.90. The van der Waals surface area contributed by atoms with E-state index in [1.807, 2.05) is 72.9 Å². The number of carbonyl (C=O) groups is 1. The topological polar surface area (TPSA) is 74.8 Å². The summed E-state index contributed by atoms with van der Waals surface area (Å²) in [4.78, 5) is 32.6. The van der Waals surface area contributed by atoms with Crippen molar-refractivity contribution in [1.82, 2.24) is 9.13 Å². The maximum atomic E-state index is 14.2. The lowest BCUT2D eigenvalue weighted by molar-refractivity contribution is -0.139. The number of nitrogens with zero attached hydrogens (tertiary/aromatic N) is 3. The Bertz CT molecular complexity index is 2110. The Balaban J connectivity index is 1.53. The fourth-order valence-electron chi connectivity index (χ4n) is 5.47. The predicted octanol–water partition coefficient (Wildman–Crippen LogP) is 6.12. The number of esters is 1. The summed E-state index contributed by atoms with van der Waals surface area (Å²) in [5.41, 5.74) is 4.02. The minimum atomic E-state index is -0.762. The van der Waals surface area contributed by atoms with Gasteiger partial charge in [0.1, 0.15) is 11.8 Å². The zero-order chi connectivity index (χ0) is 30.2. The number of benzene rings is 3. The third kappa shape index (κ3) is 5.31. The van der Waals surface area contributed by atoms with Gasteiger partial charge in [-0.15, -0.1) is 0 Å². The lowest BCUT2D eigenvalue weighted by Crippen LogP contribution is -2.40. The summed E-state index contributed by atoms with van der Waals surface area (Å²) in [6.45, 7) is 4.24. The van der Waals surface area contributed by atoms with Crippen LogP contribution in [0.1, 0.15) is 36.6 Å². The molecule has 1 aliphatic heterocycles.